The molecule has 0 aliphatic rings. The Hall–Kier alpha value is -3.16. The summed E-state index contributed by atoms with van der Waals surface area (Å²) in [5, 5.41) is 0. The summed E-state index contributed by atoms with van der Waals surface area (Å²) < 4.78 is 22.9. The Morgan fingerprint density at radius 2 is 2.04 bits per heavy atom. The third-order valence-electron chi connectivity index (χ3n) is 3.87. The van der Waals surface area contributed by atoms with E-state index in [1.54, 1.807) is 18.2 Å². The molecule has 3 aromatic rings. The largest absolute Gasteiger partial charge is 0.460 e. The van der Waals surface area contributed by atoms with Crippen LogP contribution < -0.4 is 16.0 Å². The molecule has 0 unspecified atom stereocenters. The van der Waals surface area contributed by atoms with Crippen LogP contribution in [0.1, 0.15) is 5.56 Å². The average molecular weight is 344 g/mol. The second-order valence-corrected chi connectivity index (χ2v) is 5.59. The van der Waals surface area contributed by atoms with Gasteiger partial charge < -0.3 is 4.74 Å². The van der Waals surface area contributed by atoms with Gasteiger partial charge in [0.25, 0.3) is 11.6 Å². The summed E-state index contributed by atoms with van der Waals surface area (Å²) in [6, 6.07) is 6.20. The van der Waals surface area contributed by atoms with Gasteiger partial charge in [0, 0.05) is 14.1 Å². The lowest BCUT2D eigenvalue weighted by molar-refractivity contribution is 0.320. The van der Waals surface area contributed by atoms with Crippen molar-refractivity contribution in [1.29, 1.82) is 0 Å². The van der Waals surface area contributed by atoms with Crippen molar-refractivity contribution in [2.24, 2.45) is 14.1 Å². The Morgan fingerprint density at radius 1 is 1.28 bits per heavy atom. The van der Waals surface area contributed by atoms with Crippen LogP contribution in [0.25, 0.3) is 11.2 Å². The Morgan fingerprint density at radius 3 is 2.72 bits per heavy atom. The van der Waals surface area contributed by atoms with Gasteiger partial charge in [-0.1, -0.05) is 24.8 Å². The Labute approximate surface area is 142 Å². The van der Waals surface area contributed by atoms with Crippen LogP contribution >= 0.6 is 0 Å². The maximum atomic E-state index is 13.5. The van der Waals surface area contributed by atoms with Gasteiger partial charge in [-0.3, -0.25) is 18.5 Å². The van der Waals surface area contributed by atoms with Crippen molar-refractivity contribution in [2.45, 2.75) is 6.54 Å². The van der Waals surface area contributed by atoms with Crippen LogP contribution in [0.2, 0.25) is 0 Å². The van der Waals surface area contributed by atoms with Gasteiger partial charge in [0.2, 0.25) is 0 Å². The molecule has 7 nitrogen and oxygen atoms in total. The number of rotatable bonds is 5. The number of nitrogens with zero attached hydrogens (tertiary/aromatic N) is 4. The van der Waals surface area contributed by atoms with Crippen LogP contribution in [-0.4, -0.2) is 25.3 Å². The van der Waals surface area contributed by atoms with Crippen LogP contribution in [0.5, 0.6) is 6.01 Å². The molecule has 0 saturated heterocycles. The van der Waals surface area contributed by atoms with Crippen molar-refractivity contribution < 1.29 is 9.13 Å². The van der Waals surface area contributed by atoms with E-state index in [1.165, 1.54) is 35.4 Å². The highest BCUT2D eigenvalue weighted by atomic mass is 19.1. The molecule has 3 rings (SSSR count). The summed E-state index contributed by atoms with van der Waals surface area (Å²) in [7, 11) is 2.93. The number of aromatic nitrogens is 4. The molecule has 8 heteroatoms. The van der Waals surface area contributed by atoms with Crippen LogP contribution in [-0.2, 0) is 20.6 Å². The molecule has 0 atom stereocenters. The van der Waals surface area contributed by atoms with Crippen molar-refractivity contribution in [1.82, 2.24) is 18.7 Å². The van der Waals surface area contributed by atoms with E-state index in [0.29, 0.717) is 5.56 Å². The topological polar surface area (TPSA) is 71.1 Å². The number of benzene rings is 1. The molecule has 0 saturated carbocycles. The molecule has 0 amide bonds. The predicted molar refractivity (Wildman–Crippen MR) is 91.4 cm³/mol. The smallest absolute Gasteiger partial charge is 0.332 e. The molecular weight excluding hydrogens is 327 g/mol. The predicted octanol–water partition coefficient (Wildman–Crippen LogP) is 1.19. The molecule has 0 aliphatic heterocycles. The number of hydrogen-bond donors (Lipinski definition) is 0. The number of aryl methyl sites for hydroxylation is 1. The summed E-state index contributed by atoms with van der Waals surface area (Å²) in [6.45, 7) is 3.94. The van der Waals surface area contributed by atoms with Crippen molar-refractivity contribution in [2.75, 3.05) is 6.61 Å². The zero-order valence-corrected chi connectivity index (χ0v) is 13.9. The lowest BCUT2D eigenvalue weighted by atomic mass is 10.2. The number of ether oxygens (including phenoxy) is 1. The van der Waals surface area contributed by atoms with E-state index in [-0.39, 0.29) is 36.1 Å². The average Bonchev–Trinajstić information content (AvgIpc) is 2.95. The maximum Gasteiger partial charge on any atom is 0.332 e. The highest BCUT2D eigenvalue weighted by Crippen LogP contribution is 2.20. The number of hydrogen-bond acceptors (Lipinski definition) is 4. The van der Waals surface area contributed by atoms with Gasteiger partial charge in [-0.15, -0.1) is 0 Å². The number of fused-ring (bicyclic) bond motifs is 1. The van der Waals surface area contributed by atoms with E-state index in [2.05, 4.69) is 11.6 Å². The number of halogens is 1. The van der Waals surface area contributed by atoms with E-state index < -0.39 is 11.2 Å². The van der Waals surface area contributed by atoms with Crippen molar-refractivity contribution in [3.63, 3.8) is 0 Å². The van der Waals surface area contributed by atoms with Crippen molar-refractivity contribution in [3.8, 4) is 6.01 Å². The van der Waals surface area contributed by atoms with Gasteiger partial charge in [0.05, 0.1) is 6.54 Å². The quantitative estimate of drug-likeness (QED) is 0.652. The van der Waals surface area contributed by atoms with Gasteiger partial charge in [-0.05, 0) is 17.7 Å². The maximum absolute atomic E-state index is 13.5. The first-order chi connectivity index (χ1) is 11.9. The first kappa shape index (κ1) is 16.7. The Balaban J connectivity index is 2.28. The van der Waals surface area contributed by atoms with Crippen LogP contribution in [0.15, 0.2) is 46.5 Å². The minimum absolute atomic E-state index is 0.164. The van der Waals surface area contributed by atoms with Gasteiger partial charge in [0.1, 0.15) is 12.4 Å². The zero-order valence-electron chi connectivity index (χ0n) is 13.9. The van der Waals surface area contributed by atoms with E-state index >= 15 is 0 Å². The van der Waals surface area contributed by atoms with Gasteiger partial charge in [-0.2, -0.15) is 4.98 Å². The standard InChI is InChI=1S/C17H17FN4O3/c1-4-8-25-16-19-14-13(15(23)21(3)17(24)20(14)2)22(16)10-11-6-5-7-12(18)9-11/h4-7,9H,1,8,10H2,2-3H3. The highest BCUT2D eigenvalue weighted by Gasteiger charge is 2.20. The summed E-state index contributed by atoms with van der Waals surface area (Å²) in [6.07, 6.45) is 1.54. The summed E-state index contributed by atoms with van der Waals surface area (Å²) in [5.41, 5.74) is 0.0915. The molecular formula is C17H17FN4O3. The monoisotopic (exact) mass is 344 g/mol. The van der Waals surface area contributed by atoms with E-state index in [9.17, 15) is 14.0 Å². The normalized spacial score (nSPS) is 11.0. The minimum Gasteiger partial charge on any atom is -0.460 e. The first-order valence-corrected chi connectivity index (χ1v) is 7.58. The van der Waals surface area contributed by atoms with E-state index in [1.807, 2.05) is 0 Å². The molecule has 0 N–H and O–H groups in total. The van der Waals surface area contributed by atoms with Gasteiger partial charge >= 0.3 is 5.69 Å². The SMILES string of the molecule is C=CCOc1nc2c(c(=O)n(C)c(=O)n2C)n1Cc1cccc(F)c1. The number of imidazole rings is 1. The molecule has 130 valence electrons. The van der Waals surface area contributed by atoms with Crippen molar-refractivity contribution in [3.05, 3.63) is 69.1 Å². The zero-order chi connectivity index (χ0) is 18.1. The molecule has 0 bridgehead atoms. The fourth-order valence-electron chi connectivity index (χ4n) is 2.63. The fraction of sp³-hybridized carbons (Fsp3) is 0.235. The third kappa shape index (κ3) is 2.86. The summed E-state index contributed by atoms with van der Waals surface area (Å²) >= 11 is 0. The summed E-state index contributed by atoms with van der Waals surface area (Å²) in [5.74, 6) is -0.379. The molecule has 0 radical (unpaired) electrons. The lowest BCUT2D eigenvalue weighted by Crippen LogP contribution is -2.37. The first-order valence-electron chi connectivity index (χ1n) is 7.58. The van der Waals surface area contributed by atoms with Crippen LogP contribution in [0, 0.1) is 5.82 Å². The highest BCUT2D eigenvalue weighted by molar-refractivity contribution is 5.72. The minimum atomic E-state index is -0.490. The molecule has 0 aliphatic carbocycles. The van der Waals surface area contributed by atoms with Gasteiger partial charge in [-0.25, -0.2) is 9.18 Å². The van der Waals surface area contributed by atoms with Crippen molar-refractivity contribution >= 4 is 11.2 Å². The molecule has 0 fully saturated rings. The Kier molecular flexibility index (Phi) is 4.26. The second kappa shape index (κ2) is 6.39. The van der Waals surface area contributed by atoms with E-state index in [0.717, 1.165) is 4.57 Å². The van der Waals surface area contributed by atoms with Gasteiger partial charge in [0.15, 0.2) is 11.2 Å². The second-order valence-electron chi connectivity index (χ2n) is 5.59. The molecule has 0 spiro atoms. The van der Waals surface area contributed by atoms with Crippen LogP contribution in [0.3, 0.4) is 0 Å². The fourth-order valence-corrected chi connectivity index (χ4v) is 2.63. The lowest BCUT2D eigenvalue weighted by Gasteiger charge is -2.09. The molecule has 2 heterocycles. The molecule has 25 heavy (non-hydrogen) atoms. The van der Waals surface area contributed by atoms with Crippen LogP contribution in [0.4, 0.5) is 4.39 Å². The van der Waals surface area contributed by atoms with E-state index in [4.69, 9.17) is 4.74 Å². The summed E-state index contributed by atoms with van der Waals surface area (Å²) in [4.78, 5) is 29.0. The third-order valence-corrected chi connectivity index (χ3v) is 3.87. The molecule has 1 aromatic carbocycles. The molecule has 2 aromatic heterocycles. The Bertz CT molecular complexity index is 1080.